The van der Waals surface area contributed by atoms with Crippen LogP contribution in [-0.2, 0) is 13.5 Å². The molecule has 17 heavy (non-hydrogen) atoms. The quantitative estimate of drug-likeness (QED) is 0.743. The van der Waals surface area contributed by atoms with Crippen molar-refractivity contribution in [2.24, 2.45) is 12.0 Å². The van der Waals surface area contributed by atoms with E-state index in [2.05, 4.69) is 28.1 Å². The summed E-state index contributed by atoms with van der Waals surface area (Å²) in [5.74, 6) is 0. The van der Waals surface area contributed by atoms with Gasteiger partial charge in [0.15, 0.2) is 0 Å². The molecule has 0 amide bonds. The summed E-state index contributed by atoms with van der Waals surface area (Å²) in [5.41, 5.74) is 5.67. The van der Waals surface area contributed by atoms with E-state index in [0.29, 0.717) is 0 Å². The number of aryl methyl sites for hydroxylation is 2. The normalized spacial score (nSPS) is 13.8. The van der Waals surface area contributed by atoms with E-state index >= 15 is 0 Å². The summed E-state index contributed by atoms with van der Waals surface area (Å²) in [6.07, 6.45) is 6.67. The van der Waals surface area contributed by atoms with Crippen LogP contribution < -0.4 is 0 Å². The van der Waals surface area contributed by atoms with Crippen LogP contribution in [0.25, 0.3) is 11.3 Å². The monoisotopic (exact) mass is 226 g/mol. The summed E-state index contributed by atoms with van der Waals surface area (Å²) in [4.78, 5) is 8.82. The largest absolute Gasteiger partial charge is 0.292 e. The Morgan fingerprint density at radius 1 is 1.29 bits per heavy atom. The van der Waals surface area contributed by atoms with Crippen molar-refractivity contribution < 1.29 is 0 Å². The molecule has 0 radical (unpaired) electrons. The van der Waals surface area contributed by atoms with Gasteiger partial charge in [0.25, 0.3) is 0 Å². The summed E-state index contributed by atoms with van der Waals surface area (Å²) in [7, 11) is 1.95. The zero-order chi connectivity index (χ0) is 11.8. The molecule has 2 aromatic rings. The van der Waals surface area contributed by atoms with E-state index in [9.17, 15) is 0 Å². The third-order valence-corrected chi connectivity index (χ3v) is 3.11. The number of pyridine rings is 1. The maximum atomic E-state index is 4.53. The molecule has 0 spiro atoms. The lowest BCUT2D eigenvalue weighted by molar-refractivity contribution is 0.774. The van der Waals surface area contributed by atoms with Crippen LogP contribution >= 0.6 is 0 Å². The molecule has 86 valence electrons. The number of nitrogens with zero attached hydrogens (tertiary/aromatic N) is 4. The molecule has 0 bridgehead atoms. The minimum Gasteiger partial charge on any atom is -0.292 e. The number of aromatic nitrogens is 3. The van der Waals surface area contributed by atoms with Gasteiger partial charge < -0.3 is 0 Å². The highest BCUT2D eigenvalue weighted by molar-refractivity contribution is 5.84. The van der Waals surface area contributed by atoms with Crippen molar-refractivity contribution in [1.82, 2.24) is 14.8 Å². The maximum Gasteiger partial charge on any atom is 0.0723 e. The Kier molecular flexibility index (Phi) is 2.28. The van der Waals surface area contributed by atoms with Crippen molar-refractivity contribution in [2.75, 3.05) is 6.54 Å². The topological polar surface area (TPSA) is 43.1 Å². The highest BCUT2D eigenvalue weighted by Crippen LogP contribution is 2.24. The average Bonchev–Trinajstić information content (AvgIpc) is 2.68. The third kappa shape index (κ3) is 1.65. The van der Waals surface area contributed by atoms with Crippen LogP contribution in [0.3, 0.4) is 0 Å². The lowest BCUT2D eigenvalue weighted by Gasteiger charge is -2.11. The molecular formula is C13H14N4. The van der Waals surface area contributed by atoms with Gasteiger partial charge in [0, 0.05) is 43.6 Å². The second kappa shape index (κ2) is 3.80. The van der Waals surface area contributed by atoms with Crippen LogP contribution in [0.2, 0.25) is 0 Å². The fraction of sp³-hybridized carbons (Fsp3) is 0.308. The molecule has 3 rings (SSSR count). The minimum absolute atomic E-state index is 0.851. The second-order valence-corrected chi connectivity index (χ2v) is 4.34. The zero-order valence-electron chi connectivity index (χ0n) is 10.0. The Morgan fingerprint density at radius 2 is 2.18 bits per heavy atom. The first-order valence-corrected chi connectivity index (χ1v) is 5.73. The van der Waals surface area contributed by atoms with E-state index in [4.69, 9.17) is 0 Å². The van der Waals surface area contributed by atoms with Gasteiger partial charge in [0.05, 0.1) is 17.6 Å². The van der Waals surface area contributed by atoms with Crippen LogP contribution in [0, 0.1) is 6.92 Å². The maximum absolute atomic E-state index is 4.53. The number of hydrogen-bond acceptors (Lipinski definition) is 3. The van der Waals surface area contributed by atoms with Crippen molar-refractivity contribution >= 4 is 6.21 Å². The summed E-state index contributed by atoms with van der Waals surface area (Å²) in [6, 6.07) is 2.15. The van der Waals surface area contributed by atoms with E-state index in [1.54, 1.807) is 0 Å². The molecule has 3 heterocycles. The number of hydrogen-bond donors (Lipinski definition) is 0. The SMILES string of the molecule is Cc1cnn(C)c1-c1cnc2c(c1)C=NCC2. The Balaban J connectivity index is 2.14. The number of rotatable bonds is 1. The summed E-state index contributed by atoms with van der Waals surface area (Å²) in [5, 5.41) is 4.26. The van der Waals surface area contributed by atoms with Crippen molar-refractivity contribution in [1.29, 1.82) is 0 Å². The zero-order valence-corrected chi connectivity index (χ0v) is 10.0. The van der Waals surface area contributed by atoms with E-state index in [0.717, 1.165) is 35.5 Å². The Bertz CT molecular complexity index is 576. The van der Waals surface area contributed by atoms with Gasteiger partial charge in [-0.1, -0.05) is 0 Å². The van der Waals surface area contributed by atoms with Crippen LogP contribution in [-0.4, -0.2) is 27.5 Å². The molecule has 0 fully saturated rings. The highest BCUT2D eigenvalue weighted by Gasteiger charge is 2.12. The molecule has 1 aliphatic heterocycles. The molecule has 0 unspecified atom stereocenters. The molecule has 0 aromatic carbocycles. The molecule has 0 atom stereocenters. The van der Waals surface area contributed by atoms with Gasteiger partial charge in [0.2, 0.25) is 0 Å². The number of fused-ring (bicyclic) bond motifs is 1. The predicted molar refractivity (Wildman–Crippen MR) is 67.3 cm³/mol. The van der Waals surface area contributed by atoms with E-state index in [1.807, 2.05) is 30.3 Å². The second-order valence-electron chi connectivity index (χ2n) is 4.34. The first-order valence-electron chi connectivity index (χ1n) is 5.73. The molecule has 0 saturated heterocycles. The molecular weight excluding hydrogens is 212 g/mol. The molecule has 2 aromatic heterocycles. The molecule has 0 saturated carbocycles. The van der Waals surface area contributed by atoms with Gasteiger partial charge in [-0.15, -0.1) is 0 Å². The Morgan fingerprint density at radius 3 is 2.94 bits per heavy atom. The predicted octanol–water partition coefficient (Wildman–Crippen LogP) is 1.77. The van der Waals surface area contributed by atoms with Gasteiger partial charge >= 0.3 is 0 Å². The minimum atomic E-state index is 0.851. The number of aliphatic imine (C=N–C) groups is 1. The fourth-order valence-electron chi connectivity index (χ4n) is 2.26. The average molecular weight is 226 g/mol. The fourth-order valence-corrected chi connectivity index (χ4v) is 2.26. The lowest BCUT2D eigenvalue weighted by Crippen LogP contribution is -2.06. The van der Waals surface area contributed by atoms with E-state index in [1.165, 1.54) is 5.56 Å². The first kappa shape index (κ1) is 10.2. The van der Waals surface area contributed by atoms with Crippen LogP contribution in [0.1, 0.15) is 16.8 Å². The smallest absolute Gasteiger partial charge is 0.0723 e. The van der Waals surface area contributed by atoms with E-state index < -0.39 is 0 Å². The Hall–Kier alpha value is -1.97. The van der Waals surface area contributed by atoms with Gasteiger partial charge in [-0.2, -0.15) is 5.10 Å². The van der Waals surface area contributed by atoms with Crippen molar-refractivity contribution in [3.8, 4) is 11.3 Å². The Labute approximate surface area is 100 Å². The van der Waals surface area contributed by atoms with E-state index in [-0.39, 0.29) is 0 Å². The van der Waals surface area contributed by atoms with Crippen LogP contribution in [0.15, 0.2) is 23.5 Å². The standard InChI is InChI=1S/C13H14N4/c1-9-6-16-17(2)13(9)11-5-10-7-14-4-3-12(10)15-8-11/h5-8H,3-4H2,1-2H3. The summed E-state index contributed by atoms with van der Waals surface area (Å²) >= 11 is 0. The highest BCUT2D eigenvalue weighted by atomic mass is 15.3. The van der Waals surface area contributed by atoms with Gasteiger partial charge in [0.1, 0.15) is 0 Å². The molecule has 4 heteroatoms. The molecule has 4 nitrogen and oxygen atoms in total. The van der Waals surface area contributed by atoms with Gasteiger partial charge in [-0.25, -0.2) is 0 Å². The van der Waals surface area contributed by atoms with Gasteiger partial charge in [-0.05, 0) is 18.6 Å². The van der Waals surface area contributed by atoms with Crippen LogP contribution in [0.4, 0.5) is 0 Å². The summed E-state index contributed by atoms with van der Waals surface area (Å²) in [6.45, 7) is 2.92. The molecule has 0 aliphatic carbocycles. The molecule has 1 aliphatic rings. The van der Waals surface area contributed by atoms with Crippen molar-refractivity contribution in [3.63, 3.8) is 0 Å². The third-order valence-electron chi connectivity index (χ3n) is 3.11. The first-order chi connectivity index (χ1) is 8.25. The molecule has 0 N–H and O–H groups in total. The van der Waals surface area contributed by atoms with Crippen LogP contribution in [0.5, 0.6) is 0 Å². The van der Waals surface area contributed by atoms with Crippen molar-refractivity contribution in [2.45, 2.75) is 13.3 Å². The van der Waals surface area contributed by atoms with Crippen molar-refractivity contribution in [3.05, 3.63) is 35.3 Å². The summed E-state index contributed by atoms with van der Waals surface area (Å²) < 4.78 is 1.89. The van der Waals surface area contributed by atoms with Gasteiger partial charge in [-0.3, -0.25) is 14.7 Å². The lowest BCUT2D eigenvalue weighted by atomic mass is 10.0.